The summed E-state index contributed by atoms with van der Waals surface area (Å²) in [6.45, 7) is 5.58. The van der Waals surface area contributed by atoms with Crippen LogP contribution in [0.3, 0.4) is 0 Å². The third-order valence-electron chi connectivity index (χ3n) is 5.82. The third kappa shape index (κ3) is 3.98. The second kappa shape index (κ2) is 8.05. The minimum absolute atomic E-state index is 0.0223. The molecule has 28 heavy (non-hydrogen) atoms. The molecule has 4 atom stereocenters. The zero-order chi connectivity index (χ0) is 20.5. The van der Waals surface area contributed by atoms with Crippen LogP contribution < -0.4 is 0 Å². The summed E-state index contributed by atoms with van der Waals surface area (Å²) in [7, 11) is 0. The number of esters is 3. The quantitative estimate of drug-likeness (QED) is 0.317. The Balaban J connectivity index is 1.90. The molecule has 0 spiro atoms. The van der Waals surface area contributed by atoms with Crippen molar-refractivity contribution in [1.29, 1.82) is 0 Å². The maximum atomic E-state index is 12.8. The van der Waals surface area contributed by atoms with Gasteiger partial charge in [0.15, 0.2) is 5.60 Å². The van der Waals surface area contributed by atoms with Crippen molar-refractivity contribution < 1.29 is 33.7 Å². The zero-order valence-corrected chi connectivity index (χ0v) is 16.5. The first-order chi connectivity index (χ1) is 13.2. The van der Waals surface area contributed by atoms with Gasteiger partial charge in [0.05, 0.1) is 12.6 Å². The highest BCUT2D eigenvalue weighted by atomic mass is 16.6. The van der Waals surface area contributed by atoms with Gasteiger partial charge in [-0.15, -0.1) is 0 Å². The van der Waals surface area contributed by atoms with Gasteiger partial charge >= 0.3 is 17.9 Å². The smallest absolute Gasteiger partial charge is 0.338 e. The Morgan fingerprint density at radius 3 is 2.89 bits per heavy atom. The predicted molar refractivity (Wildman–Crippen MR) is 98.0 cm³/mol. The third-order valence-corrected chi connectivity index (χ3v) is 5.82. The Hall–Kier alpha value is -2.19. The van der Waals surface area contributed by atoms with E-state index in [1.165, 1.54) is 13.8 Å². The van der Waals surface area contributed by atoms with Crippen LogP contribution in [0.15, 0.2) is 23.3 Å². The SMILES string of the molecule is C/C=C1/C[C@@H](COC(C)=O)[C@@](C)(O)C(=O)OCC2=CCN3CC[C@@H](OC1=O)[C@@H]23. The van der Waals surface area contributed by atoms with Crippen molar-refractivity contribution in [2.75, 3.05) is 26.3 Å². The summed E-state index contributed by atoms with van der Waals surface area (Å²) in [5, 5.41) is 10.9. The number of rotatable bonds is 2. The average molecular weight is 393 g/mol. The molecule has 3 heterocycles. The van der Waals surface area contributed by atoms with E-state index in [4.69, 9.17) is 14.2 Å². The van der Waals surface area contributed by atoms with Crippen LogP contribution in [0.2, 0.25) is 0 Å². The second-order valence-corrected chi connectivity index (χ2v) is 7.69. The Bertz CT molecular complexity index is 724. The fourth-order valence-electron chi connectivity index (χ4n) is 4.02. The Labute approximate surface area is 164 Å². The van der Waals surface area contributed by atoms with Crippen LogP contribution in [0.25, 0.3) is 0 Å². The molecule has 2 fully saturated rings. The van der Waals surface area contributed by atoms with Crippen molar-refractivity contribution in [3.63, 3.8) is 0 Å². The minimum atomic E-state index is -1.93. The molecule has 0 saturated carbocycles. The van der Waals surface area contributed by atoms with E-state index in [2.05, 4.69) is 4.90 Å². The molecule has 0 aromatic rings. The lowest BCUT2D eigenvalue weighted by atomic mass is 9.84. The van der Waals surface area contributed by atoms with Crippen LogP contribution in [0, 0.1) is 5.92 Å². The molecule has 8 nitrogen and oxygen atoms in total. The fraction of sp³-hybridized carbons (Fsp3) is 0.650. The van der Waals surface area contributed by atoms with E-state index in [1.54, 1.807) is 13.0 Å². The van der Waals surface area contributed by atoms with E-state index in [-0.39, 0.29) is 31.8 Å². The number of allylic oxidation sites excluding steroid dienone is 1. The van der Waals surface area contributed by atoms with Gasteiger partial charge in [-0.1, -0.05) is 12.2 Å². The van der Waals surface area contributed by atoms with Crippen LogP contribution in [-0.4, -0.2) is 72.0 Å². The molecule has 2 saturated heterocycles. The largest absolute Gasteiger partial charge is 0.465 e. The zero-order valence-electron chi connectivity index (χ0n) is 16.5. The van der Waals surface area contributed by atoms with Gasteiger partial charge in [0, 0.05) is 31.5 Å². The van der Waals surface area contributed by atoms with E-state index in [1.807, 2.05) is 6.08 Å². The molecule has 3 aliphatic rings. The maximum Gasteiger partial charge on any atom is 0.338 e. The lowest BCUT2D eigenvalue weighted by Crippen LogP contribution is -2.48. The van der Waals surface area contributed by atoms with Crippen LogP contribution in [-0.2, 0) is 28.6 Å². The van der Waals surface area contributed by atoms with E-state index in [0.29, 0.717) is 18.5 Å². The topological polar surface area (TPSA) is 102 Å². The molecule has 0 aliphatic carbocycles. The Morgan fingerprint density at radius 1 is 1.46 bits per heavy atom. The summed E-state index contributed by atoms with van der Waals surface area (Å²) < 4.78 is 16.2. The van der Waals surface area contributed by atoms with Gasteiger partial charge in [0.1, 0.15) is 12.7 Å². The van der Waals surface area contributed by atoms with Crippen molar-refractivity contribution in [2.24, 2.45) is 5.92 Å². The van der Waals surface area contributed by atoms with Gasteiger partial charge in [0.25, 0.3) is 0 Å². The van der Waals surface area contributed by atoms with Crippen LogP contribution in [0.1, 0.15) is 33.6 Å². The maximum absolute atomic E-state index is 12.8. The number of carbonyl (C=O) groups excluding carboxylic acids is 3. The molecule has 3 rings (SSSR count). The molecular formula is C20H27NO7. The summed E-state index contributed by atoms with van der Waals surface area (Å²) in [6, 6.07) is -0.101. The van der Waals surface area contributed by atoms with Crippen LogP contribution in [0.4, 0.5) is 0 Å². The van der Waals surface area contributed by atoms with Gasteiger partial charge < -0.3 is 19.3 Å². The second-order valence-electron chi connectivity index (χ2n) is 7.69. The van der Waals surface area contributed by atoms with Crippen molar-refractivity contribution in [3.05, 3.63) is 23.3 Å². The Kier molecular flexibility index (Phi) is 5.90. The lowest BCUT2D eigenvalue weighted by molar-refractivity contribution is -0.174. The number of ether oxygens (including phenoxy) is 3. The first-order valence-corrected chi connectivity index (χ1v) is 9.56. The highest BCUT2D eigenvalue weighted by Crippen LogP contribution is 2.34. The molecule has 1 N–H and O–H groups in total. The summed E-state index contributed by atoms with van der Waals surface area (Å²) in [4.78, 5) is 38.9. The highest BCUT2D eigenvalue weighted by molar-refractivity contribution is 5.89. The molecule has 0 unspecified atom stereocenters. The molecular weight excluding hydrogens is 366 g/mol. The van der Waals surface area contributed by atoms with Crippen molar-refractivity contribution in [1.82, 2.24) is 4.90 Å². The van der Waals surface area contributed by atoms with E-state index in [9.17, 15) is 19.5 Å². The van der Waals surface area contributed by atoms with Crippen LogP contribution in [0.5, 0.6) is 0 Å². The van der Waals surface area contributed by atoms with E-state index >= 15 is 0 Å². The lowest BCUT2D eigenvalue weighted by Gasteiger charge is -2.32. The van der Waals surface area contributed by atoms with Gasteiger partial charge in [0.2, 0.25) is 0 Å². The van der Waals surface area contributed by atoms with Gasteiger partial charge in [-0.25, -0.2) is 9.59 Å². The van der Waals surface area contributed by atoms with Crippen molar-refractivity contribution in [3.8, 4) is 0 Å². The number of nitrogens with zero attached hydrogens (tertiary/aromatic N) is 1. The standard InChI is InChI=1S/C20H27NO7/c1-4-13-9-15(11-26-12(2)22)20(3,25)19(24)27-10-14-5-7-21-8-6-16(17(14)21)28-18(13)23/h4-5,15-17,25H,6-11H2,1-3H3/b13-4-/t15-,16+,17+,20+/m0/s1. The minimum Gasteiger partial charge on any atom is -0.465 e. The van der Waals surface area contributed by atoms with Gasteiger partial charge in [-0.05, 0) is 32.3 Å². The first-order valence-electron chi connectivity index (χ1n) is 9.56. The average Bonchev–Trinajstić information content (AvgIpc) is 3.21. The normalized spacial score (nSPS) is 35.4. The number of aliphatic hydroxyl groups is 1. The molecule has 0 amide bonds. The molecule has 0 bridgehead atoms. The number of carbonyl (C=O) groups is 3. The monoisotopic (exact) mass is 393 g/mol. The van der Waals surface area contributed by atoms with Crippen molar-refractivity contribution in [2.45, 2.75) is 51.4 Å². The van der Waals surface area contributed by atoms with Gasteiger partial charge in [-0.3, -0.25) is 9.69 Å². The summed E-state index contributed by atoms with van der Waals surface area (Å²) in [6.07, 6.45) is 4.02. The fourth-order valence-corrected chi connectivity index (χ4v) is 4.02. The summed E-state index contributed by atoms with van der Waals surface area (Å²) >= 11 is 0. The van der Waals surface area contributed by atoms with E-state index in [0.717, 1.165) is 12.1 Å². The summed E-state index contributed by atoms with van der Waals surface area (Å²) in [5.41, 5.74) is -0.733. The highest BCUT2D eigenvalue weighted by Gasteiger charge is 2.46. The molecule has 0 radical (unpaired) electrons. The molecule has 0 aromatic heterocycles. The van der Waals surface area contributed by atoms with Crippen LogP contribution >= 0.6 is 0 Å². The molecule has 8 heteroatoms. The Morgan fingerprint density at radius 2 is 2.21 bits per heavy atom. The predicted octanol–water partition coefficient (Wildman–Crippen LogP) is 0.736. The number of hydrogen-bond donors (Lipinski definition) is 1. The molecule has 3 aliphatic heterocycles. The molecule has 0 aromatic carbocycles. The number of hydrogen-bond acceptors (Lipinski definition) is 8. The molecule has 154 valence electrons. The van der Waals surface area contributed by atoms with Gasteiger partial charge in [-0.2, -0.15) is 0 Å². The van der Waals surface area contributed by atoms with Crippen molar-refractivity contribution >= 4 is 17.9 Å². The first kappa shape index (κ1) is 20.5. The van der Waals surface area contributed by atoms with E-state index < -0.39 is 29.4 Å². The number of cyclic esters (lactones) is 1. The summed E-state index contributed by atoms with van der Waals surface area (Å²) in [5.74, 6) is -2.67.